The number of anilines is 1. The Morgan fingerprint density at radius 1 is 1.06 bits per heavy atom. The van der Waals surface area contributed by atoms with E-state index in [9.17, 15) is 24.5 Å². The number of aromatic nitrogens is 1. The molecule has 1 fully saturated rings. The minimum atomic E-state index is -0.963. The molecule has 1 aliphatic carbocycles. The number of rotatable bonds is 7. The van der Waals surface area contributed by atoms with Crippen molar-refractivity contribution in [1.29, 1.82) is 0 Å². The summed E-state index contributed by atoms with van der Waals surface area (Å²) in [6.45, 7) is 0. The molecule has 0 radical (unpaired) electrons. The van der Waals surface area contributed by atoms with E-state index in [1.54, 1.807) is 23.4 Å². The standard InChI is InChI=1S/C28H25FN2O4S/c29-20-7-3-18(4-8-20)25(34)16-36-27-26(23-12-11-22(32)14-24(23)33)31(28(27)35)21-9-5-17(6-10-21)19-2-1-13-30-15-19/h1-15,23-27,32-34H,16H2/t23?,24?,25?,26-,27-/m1/s1. The van der Waals surface area contributed by atoms with Gasteiger partial charge in [0.05, 0.1) is 18.2 Å². The summed E-state index contributed by atoms with van der Waals surface area (Å²) in [6, 6.07) is 16.7. The fourth-order valence-electron chi connectivity index (χ4n) is 4.63. The first kappa shape index (κ1) is 24.2. The fraction of sp³-hybridized carbons (Fsp3) is 0.214. The normalized spacial score (nSPS) is 24.2. The monoisotopic (exact) mass is 504 g/mol. The Hall–Kier alpha value is -3.46. The average molecular weight is 505 g/mol. The van der Waals surface area contributed by atoms with Crippen LogP contribution in [-0.2, 0) is 4.79 Å². The highest BCUT2D eigenvalue weighted by Gasteiger charge is 2.53. The van der Waals surface area contributed by atoms with Gasteiger partial charge in [0.15, 0.2) is 0 Å². The number of aliphatic hydroxyl groups excluding tert-OH is 3. The number of hydrogen-bond acceptors (Lipinski definition) is 6. The third kappa shape index (κ3) is 4.80. The first-order chi connectivity index (χ1) is 17.4. The van der Waals surface area contributed by atoms with Crippen LogP contribution in [0.25, 0.3) is 11.1 Å². The van der Waals surface area contributed by atoms with Crippen molar-refractivity contribution in [3.05, 3.63) is 108 Å². The number of benzene rings is 2. The van der Waals surface area contributed by atoms with E-state index in [-0.39, 0.29) is 29.3 Å². The number of pyridine rings is 1. The van der Waals surface area contributed by atoms with Crippen LogP contribution < -0.4 is 4.90 Å². The van der Waals surface area contributed by atoms with Crippen LogP contribution in [0.15, 0.2) is 97.0 Å². The van der Waals surface area contributed by atoms with Crippen LogP contribution in [-0.4, -0.2) is 49.4 Å². The van der Waals surface area contributed by atoms with Crippen molar-refractivity contribution in [1.82, 2.24) is 4.98 Å². The Kier molecular flexibility index (Phi) is 6.91. The minimum Gasteiger partial charge on any atom is -0.508 e. The molecule has 1 aromatic heterocycles. The maximum absolute atomic E-state index is 13.3. The molecule has 0 saturated carbocycles. The zero-order chi connectivity index (χ0) is 25.2. The second-order valence-corrected chi connectivity index (χ2v) is 10.0. The second kappa shape index (κ2) is 10.3. The first-order valence-electron chi connectivity index (χ1n) is 11.6. The fourth-order valence-corrected chi connectivity index (χ4v) is 5.97. The molecule has 1 amide bonds. The molecule has 3 N–H and O–H groups in total. The number of thioether (sulfide) groups is 1. The second-order valence-electron chi connectivity index (χ2n) is 8.83. The van der Waals surface area contributed by atoms with Crippen molar-refractivity contribution < 1.29 is 24.5 Å². The molecule has 2 aliphatic rings. The van der Waals surface area contributed by atoms with Crippen molar-refractivity contribution in [2.75, 3.05) is 10.7 Å². The molecule has 2 aromatic carbocycles. The van der Waals surface area contributed by atoms with Gasteiger partial charge >= 0.3 is 0 Å². The molecule has 0 bridgehead atoms. The lowest BCUT2D eigenvalue weighted by molar-refractivity contribution is -0.124. The summed E-state index contributed by atoms with van der Waals surface area (Å²) >= 11 is 1.31. The van der Waals surface area contributed by atoms with Gasteiger partial charge in [0.1, 0.15) is 16.8 Å². The van der Waals surface area contributed by atoms with Crippen molar-refractivity contribution in [3.63, 3.8) is 0 Å². The van der Waals surface area contributed by atoms with E-state index < -0.39 is 23.4 Å². The van der Waals surface area contributed by atoms with Crippen LogP contribution in [0.5, 0.6) is 0 Å². The molecular weight excluding hydrogens is 479 g/mol. The van der Waals surface area contributed by atoms with Crippen molar-refractivity contribution in [2.45, 2.75) is 23.5 Å². The molecule has 3 aromatic rings. The van der Waals surface area contributed by atoms with Gasteiger partial charge in [0, 0.05) is 29.8 Å². The number of halogens is 1. The summed E-state index contributed by atoms with van der Waals surface area (Å²) < 4.78 is 13.2. The molecule has 0 spiro atoms. The zero-order valence-corrected chi connectivity index (χ0v) is 20.0. The highest BCUT2D eigenvalue weighted by molar-refractivity contribution is 8.00. The molecule has 1 saturated heterocycles. The van der Waals surface area contributed by atoms with Crippen LogP contribution in [0.2, 0.25) is 0 Å². The van der Waals surface area contributed by atoms with Crippen LogP contribution in [0, 0.1) is 11.7 Å². The van der Waals surface area contributed by atoms with Gasteiger partial charge in [0.2, 0.25) is 5.91 Å². The number of β-lactam (4-membered cyclic amide) rings is 1. The predicted octanol–water partition coefficient (Wildman–Crippen LogP) is 4.43. The molecule has 8 heteroatoms. The predicted molar refractivity (Wildman–Crippen MR) is 138 cm³/mol. The molecule has 1 aliphatic heterocycles. The Bertz CT molecular complexity index is 1280. The first-order valence-corrected chi connectivity index (χ1v) is 12.6. The lowest BCUT2D eigenvalue weighted by atomic mass is 9.81. The average Bonchev–Trinajstić information content (AvgIpc) is 2.89. The maximum Gasteiger partial charge on any atom is 0.242 e. The van der Waals surface area contributed by atoms with E-state index in [1.807, 2.05) is 36.4 Å². The SMILES string of the molecule is O=C1[C@H](SCC(O)c2ccc(F)cc2)[C@@H](C2C=CC(O)=CC2O)N1c1ccc(-c2cccnc2)cc1. The van der Waals surface area contributed by atoms with Crippen molar-refractivity contribution in [2.24, 2.45) is 5.92 Å². The highest BCUT2D eigenvalue weighted by atomic mass is 32.2. The van der Waals surface area contributed by atoms with Gasteiger partial charge in [-0.1, -0.05) is 36.4 Å². The maximum atomic E-state index is 13.3. The van der Waals surface area contributed by atoms with Crippen LogP contribution in [0.3, 0.4) is 0 Å². The number of carbonyl (C=O) groups is 1. The number of aliphatic hydroxyl groups is 3. The third-order valence-electron chi connectivity index (χ3n) is 6.54. The molecule has 5 rings (SSSR count). The quantitative estimate of drug-likeness (QED) is 0.412. The van der Waals surface area contributed by atoms with E-state index >= 15 is 0 Å². The highest BCUT2D eigenvalue weighted by Crippen LogP contribution is 2.43. The summed E-state index contributed by atoms with van der Waals surface area (Å²) in [6.07, 6.45) is 6.26. The summed E-state index contributed by atoms with van der Waals surface area (Å²) in [7, 11) is 0. The smallest absolute Gasteiger partial charge is 0.242 e. The molecular formula is C28H25FN2O4S. The number of amides is 1. The van der Waals surface area contributed by atoms with E-state index in [4.69, 9.17) is 0 Å². The Morgan fingerprint density at radius 3 is 2.47 bits per heavy atom. The Labute approximate surface area is 212 Å². The molecule has 5 atom stereocenters. The summed E-state index contributed by atoms with van der Waals surface area (Å²) in [4.78, 5) is 19.1. The van der Waals surface area contributed by atoms with Crippen LogP contribution >= 0.6 is 11.8 Å². The van der Waals surface area contributed by atoms with E-state index in [2.05, 4.69) is 4.98 Å². The summed E-state index contributed by atoms with van der Waals surface area (Å²) in [5, 5.41) is 30.6. The lowest BCUT2D eigenvalue weighted by Crippen LogP contribution is -2.68. The largest absolute Gasteiger partial charge is 0.508 e. The van der Waals surface area contributed by atoms with E-state index in [0.29, 0.717) is 11.3 Å². The van der Waals surface area contributed by atoms with Crippen LogP contribution in [0.1, 0.15) is 11.7 Å². The lowest BCUT2D eigenvalue weighted by Gasteiger charge is -2.51. The van der Waals surface area contributed by atoms with Gasteiger partial charge in [-0.15, -0.1) is 11.8 Å². The summed E-state index contributed by atoms with van der Waals surface area (Å²) in [5.74, 6) is -0.720. The number of carbonyl (C=O) groups excluding carboxylic acids is 1. The molecule has 3 unspecified atom stereocenters. The topological polar surface area (TPSA) is 93.9 Å². The Morgan fingerprint density at radius 2 is 1.81 bits per heavy atom. The van der Waals surface area contributed by atoms with Gasteiger partial charge in [-0.25, -0.2) is 4.39 Å². The van der Waals surface area contributed by atoms with Gasteiger partial charge < -0.3 is 20.2 Å². The Balaban J connectivity index is 1.37. The van der Waals surface area contributed by atoms with Crippen LogP contribution in [0.4, 0.5) is 10.1 Å². The van der Waals surface area contributed by atoms with Crippen molar-refractivity contribution >= 4 is 23.4 Å². The van der Waals surface area contributed by atoms with Gasteiger partial charge in [-0.05, 0) is 59.2 Å². The molecule has 2 heterocycles. The van der Waals surface area contributed by atoms with Gasteiger partial charge in [-0.2, -0.15) is 0 Å². The van der Waals surface area contributed by atoms with E-state index in [0.717, 1.165) is 11.1 Å². The van der Waals surface area contributed by atoms with Gasteiger partial charge in [0.25, 0.3) is 0 Å². The third-order valence-corrected chi connectivity index (χ3v) is 7.89. The van der Waals surface area contributed by atoms with E-state index in [1.165, 1.54) is 48.2 Å². The molecule has 6 nitrogen and oxygen atoms in total. The number of nitrogens with zero attached hydrogens (tertiary/aromatic N) is 2. The number of allylic oxidation sites excluding steroid dienone is 1. The summed E-state index contributed by atoms with van der Waals surface area (Å²) in [5.41, 5.74) is 3.20. The van der Waals surface area contributed by atoms with Crippen molar-refractivity contribution in [3.8, 4) is 11.1 Å². The molecule has 184 valence electrons. The number of hydrogen-bond donors (Lipinski definition) is 3. The minimum absolute atomic E-state index is 0.0206. The zero-order valence-electron chi connectivity index (χ0n) is 19.2. The van der Waals surface area contributed by atoms with Gasteiger partial charge in [-0.3, -0.25) is 9.78 Å². The molecule has 36 heavy (non-hydrogen) atoms.